The lowest BCUT2D eigenvalue weighted by Gasteiger charge is -2.26. The molecule has 0 bridgehead atoms. The van der Waals surface area contributed by atoms with Crippen molar-refractivity contribution in [3.05, 3.63) is 0 Å². The number of hydrogen-bond donors (Lipinski definition) is 0. The van der Waals surface area contributed by atoms with Gasteiger partial charge in [-0.15, -0.1) is 0 Å². The molecule has 0 unspecified atom stereocenters. The maximum Gasteiger partial charge on any atom is 0.249 e. The molecule has 0 aromatic carbocycles. The summed E-state index contributed by atoms with van der Waals surface area (Å²) in [5.41, 5.74) is 0. The average Bonchev–Trinajstić information content (AvgIpc) is 2.61. The maximum atomic E-state index is 11.1. The lowest BCUT2D eigenvalue weighted by molar-refractivity contribution is -0.210. The fraction of sp³-hybridized carbons (Fsp3) is 0.857. The molecule has 1 aliphatic heterocycles. The van der Waals surface area contributed by atoms with Gasteiger partial charge in [-0.2, -0.15) is 0 Å². The van der Waals surface area contributed by atoms with Crippen LogP contribution in [0.4, 0.5) is 0 Å². The van der Waals surface area contributed by atoms with Gasteiger partial charge in [-0.05, 0) is 19.3 Å². The Labute approximate surface area is 59.9 Å². The van der Waals surface area contributed by atoms with Gasteiger partial charge >= 0.3 is 0 Å². The van der Waals surface area contributed by atoms with E-state index in [0.717, 1.165) is 6.42 Å². The zero-order chi connectivity index (χ0) is 7.30. The largest absolute Gasteiger partial charge is 0.272 e. The van der Waals surface area contributed by atoms with E-state index >= 15 is 0 Å². The third-order valence-corrected chi connectivity index (χ3v) is 2.39. The van der Waals surface area contributed by atoms with E-state index in [4.69, 9.17) is 4.84 Å². The number of hydrogen-bond acceptors (Lipinski definition) is 2. The van der Waals surface area contributed by atoms with Crippen molar-refractivity contribution in [2.24, 2.45) is 11.8 Å². The first-order chi connectivity index (χ1) is 4.70. The fourth-order valence-corrected chi connectivity index (χ4v) is 1.63. The van der Waals surface area contributed by atoms with Crippen LogP contribution >= 0.6 is 0 Å². The summed E-state index contributed by atoms with van der Waals surface area (Å²) in [5, 5.41) is 1.37. The van der Waals surface area contributed by atoms with E-state index in [1.54, 1.807) is 7.05 Å². The summed E-state index contributed by atoms with van der Waals surface area (Å²) in [5.74, 6) is 0.959. The van der Waals surface area contributed by atoms with Crippen LogP contribution in [0.1, 0.15) is 13.3 Å². The van der Waals surface area contributed by atoms with Crippen LogP contribution < -0.4 is 0 Å². The van der Waals surface area contributed by atoms with Gasteiger partial charge in [-0.25, -0.2) is 5.06 Å². The van der Waals surface area contributed by atoms with Crippen LogP contribution in [0, 0.1) is 11.8 Å². The zero-order valence-corrected chi connectivity index (χ0v) is 6.20. The molecule has 1 saturated heterocycles. The Balaban J connectivity index is 2.12. The molecule has 10 heavy (non-hydrogen) atoms. The van der Waals surface area contributed by atoms with Crippen molar-refractivity contribution in [3.8, 4) is 0 Å². The highest BCUT2D eigenvalue weighted by molar-refractivity contribution is 5.81. The second kappa shape index (κ2) is 1.72. The van der Waals surface area contributed by atoms with E-state index in [1.165, 1.54) is 5.06 Å². The van der Waals surface area contributed by atoms with Crippen LogP contribution in [-0.2, 0) is 9.63 Å². The van der Waals surface area contributed by atoms with Crippen LogP contribution in [0.2, 0.25) is 0 Å². The Hall–Kier alpha value is -0.570. The number of hydroxylamine groups is 2. The predicted octanol–water partition coefficient (Wildman–Crippen LogP) is 0.415. The van der Waals surface area contributed by atoms with Gasteiger partial charge in [0.15, 0.2) is 0 Å². The van der Waals surface area contributed by atoms with Crippen molar-refractivity contribution in [1.82, 2.24) is 5.06 Å². The van der Waals surface area contributed by atoms with Crippen LogP contribution in [0.5, 0.6) is 0 Å². The molecule has 3 nitrogen and oxygen atoms in total. The lowest BCUT2D eigenvalue weighted by Crippen LogP contribution is -2.38. The van der Waals surface area contributed by atoms with Crippen molar-refractivity contribution < 1.29 is 9.63 Å². The summed E-state index contributed by atoms with van der Waals surface area (Å²) in [7, 11) is 1.69. The highest BCUT2D eigenvalue weighted by Gasteiger charge is 2.52. The first-order valence-corrected chi connectivity index (χ1v) is 3.64. The predicted molar refractivity (Wildman–Crippen MR) is 34.9 cm³/mol. The summed E-state index contributed by atoms with van der Waals surface area (Å²) in [6.45, 7) is 2.02. The second-order valence-corrected chi connectivity index (χ2v) is 3.15. The van der Waals surface area contributed by atoms with Crippen LogP contribution in [0.25, 0.3) is 0 Å². The van der Waals surface area contributed by atoms with Gasteiger partial charge in [0.05, 0.1) is 6.10 Å². The van der Waals surface area contributed by atoms with Gasteiger partial charge in [-0.3, -0.25) is 9.63 Å². The van der Waals surface area contributed by atoms with Crippen molar-refractivity contribution in [3.63, 3.8) is 0 Å². The van der Waals surface area contributed by atoms with Crippen molar-refractivity contribution in [1.29, 1.82) is 0 Å². The molecule has 56 valence electrons. The third-order valence-electron chi connectivity index (χ3n) is 2.39. The van der Waals surface area contributed by atoms with Gasteiger partial charge in [0.2, 0.25) is 5.91 Å². The van der Waals surface area contributed by atoms with Gasteiger partial charge in [0.1, 0.15) is 0 Å². The summed E-state index contributed by atoms with van der Waals surface area (Å²) in [6.07, 6.45) is 1.28. The highest BCUT2D eigenvalue weighted by Crippen LogP contribution is 2.46. The quantitative estimate of drug-likeness (QED) is 0.489. The molecule has 0 N–H and O–H groups in total. The molecular formula is C7H11NO2. The molecule has 0 radical (unpaired) electrons. The zero-order valence-electron chi connectivity index (χ0n) is 6.20. The van der Waals surface area contributed by atoms with Crippen molar-refractivity contribution in [2.75, 3.05) is 7.05 Å². The minimum atomic E-state index is 0.156. The molecule has 0 aromatic rings. The Kier molecular flexibility index (Phi) is 1.06. The molecule has 1 aliphatic carbocycles. The molecule has 0 spiro atoms. The van der Waals surface area contributed by atoms with Crippen LogP contribution in [0.15, 0.2) is 0 Å². The summed E-state index contributed by atoms with van der Waals surface area (Å²) >= 11 is 0. The Morgan fingerprint density at radius 1 is 1.70 bits per heavy atom. The molecule has 0 aromatic heterocycles. The van der Waals surface area contributed by atoms with Gasteiger partial charge in [0.25, 0.3) is 0 Å². The SMILES string of the molecule is C[C@@H]1ON(C)C(=O)[C@H]2C[C@@H]12. The van der Waals surface area contributed by atoms with Gasteiger partial charge in [0, 0.05) is 13.0 Å². The molecule has 2 aliphatic rings. The van der Waals surface area contributed by atoms with E-state index in [2.05, 4.69) is 0 Å². The average molecular weight is 141 g/mol. The van der Waals surface area contributed by atoms with E-state index in [9.17, 15) is 4.79 Å². The second-order valence-electron chi connectivity index (χ2n) is 3.15. The molecule has 1 heterocycles. The first-order valence-electron chi connectivity index (χ1n) is 3.64. The molecule has 1 amide bonds. The monoisotopic (exact) mass is 141 g/mol. The van der Waals surface area contributed by atoms with Crippen molar-refractivity contribution >= 4 is 5.91 Å². The lowest BCUT2D eigenvalue weighted by atomic mass is 10.2. The smallest absolute Gasteiger partial charge is 0.249 e. The summed E-state index contributed by atoms with van der Waals surface area (Å²) < 4.78 is 0. The minimum absolute atomic E-state index is 0.156. The molecule has 3 atom stereocenters. The normalized spacial score (nSPS) is 45.2. The number of fused-ring (bicyclic) bond motifs is 1. The third kappa shape index (κ3) is 0.669. The Morgan fingerprint density at radius 3 is 3.10 bits per heavy atom. The fourth-order valence-electron chi connectivity index (χ4n) is 1.63. The first kappa shape index (κ1) is 6.16. The van der Waals surface area contributed by atoms with Gasteiger partial charge < -0.3 is 0 Å². The molecule has 2 fully saturated rings. The number of carbonyl (C=O) groups excluding carboxylic acids is 1. The highest BCUT2D eigenvalue weighted by atomic mass is 16.7. The number of carbonyl (C=O) groups is 1. The van der Waals surface area contributed by atoms with E-state index < -0.39 is 0 Å². The van der Waals surface area contributed by atoms with Crippen molar-refractivity contribution in [2.45, 2.75) is 19.4 Å². The molecule has 3 heteroatoms. The summed E-state index contributed by atoms with van der Waals surface area (Å²) in [6, 6.07) is 0. The Morgan fingerprint density at radius 2 is 2.40 bits per heavy atom. The van der Waals surface area contributed by atoms with Gasteiger partial charge in [-0.1, -0.05) is 0 Å². The molecule has 1 saturated carbocycles. The standard InChI is InChI=1S/C7H11NO2/c1-4-5-3-6(5)7(9)8(2)10-4/h4-6H,3H2,1-2H3/t4-,5-,6-/m0/s1. The number of amides is 1. The van der Waals surface area contributed by atoms with E-state index in [-0.39, 0.29) is 17.9 Å². The molecule has 2 rings (SSSR count). The number of nitrogens with zero attached hydrogens (tertiary/aromatic N) is 1. The molecular weight excluding hydrogens is 130 g/mol. The minimum Gasteiger partial charge on any atom is -0.272 e. The number of rotatable bonds is 0. The maximum absolute atomic E-state index is 11.1. The summed E-state index contributed by atoms with van der Waals surface area (Å²) in [4.78, 5) is 16.3. The van der Waals surface area contributed by atoms with Crippen LogP contribution in [-0.4, -0.2) is 24.1 Å². The van der Waals surface area contributed by atoms with E-state index in [1.807, 2.05) is 6.92 Å². The Bertz CT molecular complexity index is 176. The van der Waals surface area contributed by atoms with E-state index in [0.29, 0.717) is 5.92 Å². The van der Waals surface area contributed by atoms with Crippen LogP contribution in [0.3, 0.4) is 0 Å². The topological polar surface area (TPSA) is 29.5 Å².